The second-order valence-corrected chi connectivity index (χ2v) is 17.0. The summed E-state index contributed by atoms with van der Waals surface area (Å²) in [5, 5.41) is 19.6. The molecular formula is C46H38N10Na2O6S2. The molecule has 1 aliphatic carbocycles. The molecule has 0 saturated carbocycles. The van der Waals surface area contributed by atoms with E-state index < -0.39 is 42.1 Å². The summed E-state index contributed by atoms with van der Waals surface area (Å²) in [6.45, 7) is 0. The number of rotatable bonds is 16. The molecule has 0 unspecified atom stereocenters. The van der Waals surface area contributed by atoms with Crippen LogP contribution in [0.15, 0.2) is 191 Å². The van der Waals surface area contributed by atoms with E-state index in [-0.39, 0.29) is 82.1 Å². The van der Waals surface area contributed by atoms with Crippen LogP contribution < -0.4 is 91.0 Å². The normalized spacial score (nSPS) is 13.2. The number of benzene rings is 5. The molecule has 0 bridgehead atoms. The maximum absolute atomic E-state index is 13.3. The van der Waals surface area contributed by atoms with Crippen LogP contribution in [0.5, 0.6) is 0 Å². The molecular weight excluding hydrogens is 899 g/mol. The van der Waals surface area contributed by atoms with Crippen LogP contribution in [-0.2, 0) is 20.2 Å². The minimum atomic E-state index is -5.23. The van der Waals surface area contributed by atoms with Gasteiger partial charge in [0.05, 0.1) is 4.90 Å². The number of aromatic nitrogens is 4. The van der Waals surface area contributed by atoms with E-state index in [1.807, 2.05) is 121 Å². The number of hydrogen-bond donors (Lipinski definition) is 6. The summed E-state index contributed by atoms with van der Waals surface area (Å²) < 4.78 is 76.0. The van der Waals surface area contributed by atoms with E-state index in [0.717, 1.165) is 28.8 Å². The van der Waals surface area contributed by atoms with Crippen LogP contribution >= 0.6 is 0 Å². The third-order valence-electron chi connectivity index (χ3n) is 9.55. The van der Waals surface area contributed by atoms with Crippen molar-refractivity contribution >= 4 is 84.2 Å². The maximum Gasteiger partial charge on any atom is 1.00 e. The van der Waals surface area contributed by atoms with Crippen molar-refractivity contribution in [2.75, 3.05) is 31.9 Å². The first-order chi connectivity index (χ1) is 30.9. The molecule has 0 atom stereocenters. The molecule has 6 N–H and O–H groups in total. The smallest absolute Gasteiger partial charge is 0.744 e. The summed E-state index contributed by atoms with van der Waals surface area (Å²) in [4.78, 5) is 17.9. The molecule has 20 heteroatoms. The summed E-state index contributed by atoms with van der Waals surface area (Å²) in [6, 6.07) is 46.1. The van der Waals surface area contributed by atoms with Gasteiger partial charge in [0.15, 0.2) is 0 Å². The fourth-order valence-electron chi connectivity index (χ4n) is 6.69. The summed E-state index contributed by atoms with van der Waals surface area (Å²) in [7, 11) is -10.1. The zero-order valence-corrected chi connectivity index (χ0v) is 41.2. The van der Waals surface area contributed by atoms with E-state index in [4.69, 9.17) is 19.9 Å². The van der Waals surface area contributed by atoms with Gasteiger partial charge in [-0.3, -0.25) is 0 Å². The number of allylic oxidation sites excluding steroid dienone is 3. The fourth-order valence-corrected chi connectivity index (χ4v) is 8.19. The van der Waals surface area contributed by atoms with Crippen LogP contribution in [0.4, 0.5) is 57.9 Å². The van der Waals surface area contributed by atoms with Gasteiger partial charge in [0.1, 0.15) is 49.2 Å². The van der Waals surface area contributed by atoms with Gasteiger partial charge in [0.25, 0.3) is 0 Å². The van der Waals surface area contributed by atoms with Crippen molar-refractivity contribution < 1.29 is 85.1 Å². The van der Waals surface area contributed by atoms with E-state index in [2.05, 4.69) is 31.9 Å². The summed E-state index contributed by atoms with van der Waals surface area (Å²) in [6.07, 6.45) is 4.91. The Hall–Kier alpha value is -5.90. The molecule has 2 aromatic heterocycles. The van der Waals surface area contributed by atoms with Gasteiger partial charge in [-0.25, -0.2) is 16.8 Å². The molecule has 0 fully saturated rings. The molecule has 0 radical (unpaired) electrons. The number of nitrogens with zero attached hydrogens (tertiary/aromatic N) is 4. The Morgan fingerprint density at radius 1 is 0.485 bits per heavy atom. The quantitative estimate of drug-likeness (QED) is 0.0464. The first kappa shape index (κ1) is 49.5. The molecule has 0 spiro atoms. The van der Waals surface area contributed by atoms with Crippen LogP contribution in [0.25, 0.3) is 6.08 Å². The van der Waals surface area contributed by atoms with E-state index >= 15 is 0 Å². The van der Waals surface area contributed by atoms with Gasteiger partial charge < -0.3 is 41.0 Å². The Balaban J connectivity index is 0.00000360. The van der Waals surface area contributed by atoms with Crippen molar-refractivity contribution in [3.05, 3.63) is 192 Å². The molecule has 8 rings (SSSR count). The predicted molar refractivity (Wildman–Crippen MR) is 247 cm³/mol. The van der Waals surface area contributed by atoms with Crippen molar-refractivity contribution in [3.63, 3.8) is 0 Å². The van der Waals surface area contributed by atoms with E-state index in [9.17, 15) is 25.9 Å². The van der Waals surface area contributed by atoms with Crippen molar-refractivity contribution in [1.29, 1.82) is 0 Å². The first-order valence-corrected chi connectivity index (χ1v) is 22.4. The van der Waals surface area contributed by atoms with E-state index in [0.29, 0.717) is 23.3 Å². The third-order valence-corrected chi connectivity index (χ3v) is 11.4. The Kier molecular flexibility index (Phi) is 16.6. The van der Waals surface area contributed by atoms with Crippen LogP contribution in [0.1, 0.15) is 12.0 Å². The van der Waals surface area contributed by atoms with Crippen molar-refractivity contribution in [3.8, 4) is 0 Å². The second kappa shape index (κ2) is 22.1. The Morgan fingerprint density at radius 3 is 1.21 bits per heavy atom. The summed E-state index contributed by atoms with van der Waals surface area (Å²) in [5.74, 6) is 1.43. The van der Waals surface area contributed by atoms with Gasteiger partial charge in [0, 0.05) is 46.2 Å². The minimum Gasteiger partial charge on any atom is -0.744 e. The third kappa shape index (κ3) is 13.4. The maximum atomic E-state index is 13.3. The standard InChI is InChI=1S/C46H40N10O6S2.2Na/c57-63(58,59)38-24-14-13-15-32(38)25-26-33-27-28-46(31-39(33)64(60,61)62,55-44-51-40(47-34-16-5-1-6-17-34)29-41(52-44)48-35-18-7-2-8-19-35)56-45-53-42(49-36-20-9-3-10-21-36)30-43(54-45)50-37-22-11-4-12-23-37;;/h1-30H,31H2,(H,57,58,59)(H,60,61,62)(H3,47,48,51,52,55)(H3,49,50,53,54,56);;/q;2*+1/p-2. The summed E-state index contributed by atoms with van der Waals surface area (Å²) in [5.41, 5.74) is 1.10. The number of anilines is 10. The largest absolute Gasteiger partial charge is 1.00 e. The number of nitrogens with one attached hydrogen (secondary N) is 6. The Labute approximate surface area is 426 Å². The van der Waals surface area contributed by atoms with Gasteiger partial charge in [-0.05, 0) is 71.8 Å². The molecule has 0 saturated heterocycles. The van der Waals surface area contributed by atoms with Crippen LogP contribution in [-0.4, -0.2) is 51.5 Å². The van der Waals surface area contributed by atoms with Crippen LogP contribution in [0.3, 0.4) is 0 Å². The number of hydrogen-bond acceptors (Lipinski definition) is 16. The van der Waals surface area contributed by atoms with Gasteiger partial charge in [-0.15, -0.1) is 0 Å². The molecule has 16 nitrogen and oxygen atoms in total. The van der Waals surface area contributed by atoms with Gasteiger partial charge in [-0.2, -0.15) is 19.9 Å². The molecule has 1 aliphatic rings. The Morgan fingerprint density at radius 2 is 0.848 bits per heavy atom. The number of para-hydroxylation sites is 4. The molecule has 2 heterocycles. The van der Waals surface area contributed by atoms with Crippen LogP contribution in [0.2, 0.25) is 0 Å². The topological polar surface area (TPSA) is 238 Å². The minimum absolute atomic E-state index is 0. The average molecular weight is 937 g/mol. The van der Waals surface area contributed by atoms with Gasteiger partial charge in [-0.1, -0.05) is 109 Å². The molecule has 7 aromatic rings. The zero-order valence-electron chi connectivity index (χ0n) is 35.6. The SMILES string of the molecule is O=S(=O)([O-])C1=C(C=Cc2ccccc2S(=O)(=O)[O-])C=CC(Nc2nc(Nc3ccccc3)cc(Nc3ccccc3)n2)(Nc2nc(Nc3ccccc3)cc(Nc3ccccc3)n2)C1.[Na+].[Na+]. The zero-order chi connectivity index (χ0) is 44.6. The molecule has 322 valence electrons. The summed E-state index contributed by atoms with van der Waals surface area (Å²) >= 11 is 0. The second-order valence-electron chi connectivity index (χ2n) is 14.3. The fraction of sp³-hybridized carbons (Fsp3) is 0.0435. The molecule has 66 heavy (non-hydrogen) atoms. The van der Waals surface area contributed by atoms with Crippen molar-refractivity contribution in [2.45, 2.75) is 17.0 Å². The predicted octanol–water partition coefficient (Wildman–Crippen LogP) is 2.85. The molecule has 0 aliphatic heterocycles. The van der Waals surface area contributed by atoms with Crippen molar-refractivity contribution in [1.82, 2.24) is 19.9 Å². The average Bonchev–Trinajstić information content (AvgIpc) is 3.27. The van der Waals surface area contributed by atoms with Crippen molar-refractivity contribution in [2.24, 2.45) is 0 Å². The van der Waals surface area contributed by atoms with E-state index in [1.165, 1.54) is 36.4 Å². The van der Waals surface area contributed by atoms with E-state index in [1.54, 1.807) is 18.2 Å². The molecule has 5 aromatic carbocycles. The Bertz CT molecular complexity index is 2850. The van der Waals surface area contributed by atoms with Gasteiger partial charge in [0.2, 0.25) is 11.9 Å². The molecule has 0 amide bonds. The van der Waals surface area contributed by atoms with Gasteiger partial charge >= 0.3 is 59.1 Å². The van der Waals surface area contributed by atoms with Crippen LogP contribution in [0, 0.1) is 0 Å². The monoisotopic (exact) mass is 936 g/mol. The first-order valence-electron chi connectivity index (χ1n) is 19.6.